The highest BCUT2D eigenvalue weighted by Gasteiger charge is 2.27. The number of ether oxygens (including phenoxy) is 1. The van der Waals surface area contributed by atoms with Crippen molar-refractivity contribution < 1.29 is 27.3 Å². The van der Waals surface area contributed by atoms with Crippen LogP contribution < -0.4 is 15.4 Å². The van der Waals surface area contributed by atoms with Gasteiger partial charge in [-0.3, -0.25) is 14.1 Å². The van der Waals surface area contributed by atoms with Crippen LogP contribution in [0.15, 0.2) is 84.9 Å². The average molecular weight is 595 g/mol. The van der Waals surface area contributed by atoms with Crippen LogP contribution in [-0.2, 0) is 32.7 Å². The Labute approximate surface area is 242 Å². The number of carbonyl (C=O) groups excluding carboxylic acids is 2. The van der Waals surface area contributed by atoms with Gasteiger partial charge in [0, 0.05) is 6.42 Å². The van der Waals surface area contributed by atoms with Crippen LogP contribution in [0.5, 0.6) is 0 Å². The lowest BCUT2D eigenvalue weighted by atomic mass is 10.0. The van der Waals surface area contributed by atoms with E-state index in [0.29, 0.717) is 11.4 Å². The number of rotatable bonds is 11. The van der Waals surface area contributed by atoms with Crippen molar-refractivity contribution in [2.45, 2.75) is 31.8 Å². The van der Waals surface area contributed by atoms with E-state index in [4.69, 9.17) is 14.3 Å². The fourth-order valence-corrected chi connectivity index (χ4v) is 5.81. The molecule has 2 unspecified atom stereocenters. The van der Waals surface area contributed by atoms with Crippen molar-refractivity contribution in [3.05, 3.63) is 107 Å². The number of methoxy groups -OCH3 is 1. The molecule has 214 valence electrons. The Morgan fingerprint density at radius 1 is 0.902 bits per heavy atom. The lowest BCUT2D eigenvalue weighted by Crippen LogP contribution is -2.49. The number of hydrogen-bond donors (Lipinski definition) is 4. The van der Waals surface area contributed by atoms with E-state index in [1.807, 2.05) is 72.3 Å². The number of amides is 2. The third-order valence-electron chi connectivity index (χ3n) is 6.18. The molecule has 4 aromatic rings. The number of thiazole rings is 1. The lowest BCUT2D eigenvalue weighted by Gasteiger charge is -2.22. The van der Waals surface area contributed by atoms with Gasteiger partial charge in [-0.2, -0.15) is 8.42 Å². The summed E-state index contributed by atoms with van der Waals surface area (Å²) in [6, 6.07) is 24.1. The first-order valence-corrected chi connectivity index (χ1v) is 14.9. The molecule has 2 amide bonds. The molecule has 0 saturated carbocycles. The average Bonchev–Trinajstić information content (AvgIpc) is 3.35. The van der Waals surface area contributed by atoms with Crippen molar-refractivity contribution in [2.24, 2.45) is 0 Å². The summed E-state index contributed by atoms with van der Waals surface area (Å²) < 4.78 is 38.2. The summed E-state index contributed by atoms with van der Waals surface area (Å²) in [7, 11) is -3.17. The van der Waals surface area contributed by atoms with Crippen molar-refractivity contribution in [1.82, 2.24) is 15.6 Å². The third kappa shape index (κ3) is 8.61. The summed E-state index contributed by atoms with van der Waals surface area (Å²) in [6.45, 7) is 1.91. The Balaban J connectivity index is 1.64. The number of nitrogens with one attached hydrogen (secondary N) is 3. The summed E-state index contributed by atoms with van der Waals surface area (Å²) in [5.41, 5.74) is 3.66. The SMILES string of the molecule is COC(=O)NC(Cc1ccccc1)C(=O)NC(Cc1ccc(NS(=O)(=O)O)cc1)c1nc(C)c(-c2ccccc2)s1. The molecule has 0 radical (unpaired) electrons. The van der Waals surface area contributed by atoms with Gasteiger partial charge in [0.05, 0.1) is 29.4 Å². The molecular weight excluding hydrogens is 564 g/mol. The van der Waals surface area contributed by atoms with Gasteiger partial charge in [0.15, 0.2) is 0 Å². The fraction of sp³-hybridized carbons (Fsp3) is 0.207. The zero-order chi connectivity index (χ0) is 29.4. The van der Waals surface area contributed by atoms with Gasteiger partial charge < -0.3 is 15.4 Å². The Kier molecular flexibility index (Phi) is 9.71. The second-order valence-electron chi connectivity index (χ2n) is 9.25. The van der Waals surface area contributed by atoms with Crippen LogP contribution in [0, 0.1) is 6.92 Å². The van der Waals surface area contributed by atoms with Gasteiger partial charge in [-0.25, -0.2) is 9.78 Å². The van der Waals surface area contributed by atoms with E-state index < -0.39 is 34.4 Å². The Hall–Kier alpha value is -4.26. The van der Waals surface area contributed by atoms with E-state index in [2.05, 4.69) is 10.6 Å². The maximum atomic E-state index is 13.6. The maximum Gasteiger partial charge on any atom is 0.407 e. The van der Waals surface area contributed by atoms with Gasteiger partial charge in [-0.1, -0.05) is 72.8 Å². The van der Waals surface area contributed by atoms with Gasteiger partial charge in [0.2, 0.25) is 5.91 Å². The molecule has 4 N–H and O–H groups in total. The van der Waals surface area contributed by atoms with E-state index >= 15 is 0 Å². The van der Waals surface area contributed by atoms with E-state index in [9.17, 15) is 18.0 Å². The van der Waals surface area contributed by atoms with Crippen LogP contribution in [0.4, 0.5) is 10.5 Å². The molecule has 0 bridgehead atoms. The van der Waals surface area contributed by atoms with Gasteiger partial charge in [-0.05, 0) is 42.2 Å². The fourth-order valence-electron chi connectivity index (χ4n) is 4.25. The molecule has 41 heavy (non-hydrogen) atoms. The normalized spacial score (nSPS) is 12.7. The number of aromatic nitrogens is 1. The summed E-state index contributed by atoms with van der Waals surface area (Å²) in [4.78, 5) is 31.5. The Morgan fingerprint density at radius 2 is 1.51 bits per heavy atom. The molecule has 3 aromatic carbocycles. The van der Waals surface area contributed by atoms with Crippen LogP contribution in [-0.4, -0.2) is 43.1 Å². The number of hydrogen-bond acceptors (Lipinski definition) is 7. The number of benzene rings is 3. The number of anilines is 1. The van der Waals surface area contributed by atoms with Gasteiger partial charge in [0.1, 0.15) is 11.0 Å². The molecular formula is C29H30N4O6S2. The second-order valence-corrected chi connectivity index (χ2v) is 11.4. The minimum absolute atomic E-state index is 0.193. The minimum atomic E-state index is -4.41. The number of aryl methyl sites for hydroxylation is 1. The highest BCUT2D eigenvalue weighted by Crippen LogP contribution is 2.34. The first-order valence-electron chi connectivity index (χ1n) is 12.7. The predicted molar refractivity (Wildman–Crippen MR) is 158 cm³/mol. The molecule has 0 aliphatic rings. The van der Waals surface area contributed by atoms with Gasteiger partial charge >= 0.3 is 16.4 Å². The quantitative estimate of drug-likeness (QED) is 0.184. The summed E-state index contributed by atoms with van der Waals surface area (Å²) >= 11 is 1.46. The molecule has 12 heteroatoms. The van der Waals surface area contributed by atoms with Crippen molar-refractivity contribution in [3.63, 3.8) is 0 Å². The lowest BCUT2D eigenvalue weighted by molar-refractivity contribution is -0.123. The predicted octanol–water partition coefficient (Wildman–Crippen LogP) is 4.70. The van der Waals surface area contributed by atoms with E-state index in [1.54, 1.807) is 12.1 Å². The molecule has 0 aliphatic heterocycles. The van der Waals surface area contributed by atoms with E-state index in [-0.39, 0.29) is 12.1 Å². The Bertz CT molecular complexity index is 1580. The molecule has 2 atom stereocenters. The van der Waals surface area contributed by atoms with Crippen molar-refractivity contribution >= 4 is 39.3 Å². The highest BCUT2D eigenvalue weighted by molar-refractivity contribution is 7.87. The first kappa shape index (κ1) is 29.7. The van der Waals surface area contributed by atoms with E-state index in [1.165, 1.54) is 30.6 Å². The van der Waals surface area contributed by atoms with Gasteiger partial charge in [0.25, 0.3) is 0 Å². The molecule has 0 spiro atoms. The van der Waals surface area contributed by atoms with Crippen LogP contribution in [0.1, 0.15) is 27.9 Å². The molecule has 1 heterocycles. The van der Waals surface area contributed by atoms with Gasteiger partial charge in [-0.15, -0.1) is 11.3 Å². The summed E-state index contributed by atoms with van der Waals surface area (Å²) in [6.07, 6.45) is -0.151. The van der Waals surface area contributed by atoms with Crippen LogP contribution in [0.3, 0.4) is 0 Å². The zero-order valence-corrected chi connectivity index (χ0v) is 24.0. The largest absolute Gasteiger partial charge is 0.453 e. The maximum absolute atomic E-state index is 13.6. The van der Waals surface area contributed by atoms with Crippen LogP contribution in [0.25, 0.3) is 10.4 Å². The number of alkyl carbamates (subject to hydrolysis) is 1. The standard InChI is InChI=1S/C29H30N4O6S2/c1-19-26(22-11-7-4-8-12-22)40-28(30-19)25(18-21-13-15-23(16-14-21)33-41(36,37)38)31-27(34)24(32-29(35)39-2)17-20-9-5-3-6-10-20/h3-16,24-25,33H,17-18H2,1-2H3,(H,31,34)(H,32,35)(H,36,37,38). The number of nitrogens with zero attached hydrogens (tertiary/aromatic N) is 1. The molecule has 0 aliphatic carbocycles. The molecule has 0 fully saturated rings. The molecule has 4 rings (SSSR count). The first-order chi connectivity index (χ1) is 19.6. The van der Waals surface area contributed by atoms with Crippen LogP contribution in [0.2, 0.25) is 0 Å². The molecule has 0 saturated heterocycles. The highest BCUT2D eigenvalue weighted by atomic mass is 32.2. The second kappa shape index (κ2) is 13.4. The topological polar surface area (TPSA) is 147 Å². The van der Waals surface area contributed by atoms with Crippen molar-refractivity contribution in [2.75, 3.05) is 11.8 Å². The zero-order valence-electron chi connectivity index (χ0n) is 22.4. The van der Waals surface area contributed by atoms with Crippen LogP contribution >= 0.6 is 11.3 Å². The van der Waals surface area contributed by atoms with E-state index in [0.717, 1.165) is 27.3 Å². The van der Waals surface area contributed by atoms with Crippen molar-refractivity contribution in [3.8, 4) is 10.4 Å². The molecule has 10 nitrogen and oxygen atoms in total. The number of carbonyl (C=O) groups is 2. The smallest absolute Gasteiger partial charge is 0.407 e. The summed E-state index contributed by atoms with van der Waals surface area (Å²) in [5.74, 6) is -0.414. The molecule has 1 aromatic heterocycles. The summed E-state index contributed by atoms with van der Waals surface area (Å²) in [5, 5.41) is 6.36. The van der Waals surface area contributed by atoms with Crippen molar-refractivity contribution in [1.29, 1.82) is 0 Å². The Morgan fingerprint density at radius 3 is 2.12 bits per heavy atom. The minimum Gasteiger partial charge on any atom is -0.453 e. The monoisotopic (exact) mass is 594 g/mol. The third-order valence-corrected chi connectivity index (χ3v) is 7.99.